The number of aliphatic carboxylic acids is 1. The number of anilines is 2. The number of benzene rings is 6. The Hall–Kier alpha value is -16.4. The zero-order valence-corrected chi connectivity index (χ0v) is 87.2. The molecule has 4 aliphatic carbocycles. The fraction of sp³-hybridized carbons (Fsp3) is 0.373. The fourth-order valence-electron chi connectivity index (χ4n) is 16.5. The number of carboxylic acid groups (broad SMARTS) is 2. The molecule has 0 saturated heterocycles. The topological polar surface area (TPSA) is 581 Å². The summed E-state index contributed by atoms with van der Waals surface area (Å²) in [6.07, 6.45) is 22.0. The number of allylic oxidation sites excluding steroid dienone is 3. The van der Waals surface area contributed by atoms with Crippen LogP contribution in [0.5, 0.6) is 0 Å². The van der Waals surface area contributed by atoms with Gasteiger partial charge in [-0.25, -0.2) is 33.9 Å². The number of para-hydroxylation sites is 6. The van der Waals surface area contributed by atoms with Gasteiger partial charge in [0.05, 0.1) is 80.9 Å². The van der Waals surface area contributed by atoms with Crippen molar-refractivity contribution in [3.05, 3.63) is 300 Å². The van der Waals surface area contributed by atoms with Crippen LogP contribution in [-0.2, 0) is 53.1 Å². The van der Waals surface area contributed by atoms with Crippen LogP contribution in [0.25, 0.3) is 76.6 Å². The summed E-state index contributed by atoms with van der Waals surface area (Å²) >= 11 is 8.80. The second-order valence-electron chi connectivity index (χ2n) is 36.5. The molecule has 4 saturated carbocycles. The minimum Gasteiger partial charge on any atom is -0.481 e. The molecule has 38 nitrogen and oxygen atoms in total. The second-order valence-corrected chi connectivity index (χ2v) is 37.4. The molecule has 10 N–H and O–H groups in total. The Morgan fingerprint density at radius 1 is 0.493 bits per heavy atom. The summed E-state index contributed by atoms with van der Waals surface area (Å²) in [5.74, 6) is -3.75. The number of nitrogens with two attached hydrogens (primary N) is 2. The molecule has 13 aromatic rings. The number of aromatic nitrogens is 9. The summed E-state index contributed by atoms with van der Waals surface area (Å²) in [6.45, 7) is 30.6. The summed E-state index contributed by atoms with van der Waals surface area (Å²) in [4.78, 5) is 209. The number of nitrogens with one attached hydrogen (secondary N) is 4. The average molecular weight is 2100 g/mol. The van der Waals surface area contributed by atoms with Crippen LogP contribution >= 0.6 is 23.2 Å². The van der Waals surface area contributed by atoms with Gasteiger partial charge in [0, 0.05) is 77.5 Å². The number of ether oxygens (including phenoxy) is 2. The van der Waals surface area contributed by atoms with Crippen molar-refractivity contribution >= 4 is 158 Å². The van der Waals surface area contributed by atoms with Crippen molar-refractivity contribution in [1.82, 2.24) is 53.4 Å². The van der Waals surface area contributed by atoms with E-state index in [2.05, 4.69) is 95.7 Å². The molecule has 0 spiro atoms. The molecular weight excluding hydrogens is 1970 g/mol. The first-order chi connectivity index (χ1) is 71.4. The van der Waals surface area contributed by atoms with E-state index in [4.69, 9.17) is 47.0 Å². The van der Waals surface area contributed by atoms with Gasteiger partial charge in [0.2, 0.25) is 22.2 Å². The molecule has 17 rings (SSSR count). The second kappa shape index (κ2) is 59.5. The molecule has 0 unspecified atom stereocenters. The molecule has 7 aromatic heterocycles. The monoisotopic (exact) mass is 2100 g/mol. The van der Waals surface area contributed by atoms with E-state index in [1.807, 2.05) is 77.6 Å². The molecule has 0 aliphatic heterocycles. The number of aromatic amines is 2. The molecule has 0 bridgehead atoms. The van der Waals surface area contributed by atoms with Gasteiger partial charge in [0.1, 0.15) is 52.3 Å². The summed E-state index contributed by atoms with van der Waals surface area (Å²) < 4.78 is 25.3. The first-order valence-electron chi connectivity index (χ1n) is 48.9. The van der Waals surface area contributed by atoms with Crippen LogP contribution in [0.15, 0.2) is 236 Å². The normalized spacial score (nSPS) is 13.0. The molecule has 6 aromatic carbocycles. The largest absolute Gasteiger partial charge is 0.481 e. The number of rotatable bonds is 19. The zero-order chi connectivity index (χ0) is 111. The first kappa shape index (κ1) is 121. The molecule has 2 amide bonds. The molecule has 0 radical (unpaired) electrons. The number of nitrogen functional groups attached to an aromatic ring is 2. The van der Waals surface area contributed by atoms with Gasteiger partial charge in [0.25, 0.3) is 17.0 Å². The number of halogens is 2. The highest BCUT2D eigenvalue weighted by Crippen LogP contribution is 2.34. The lowest BCUT2D eigenvalue weighted by Crippen LogP contribution is -2.37. The minimum atomic E-state index is -0.988. The third-order valence-corrected chi connectivity index (χ3v) is 23.9. The molecule has 40 heteroatoms. The van der Waals surface area contributed by atoms with Crippen molar-refractivity contribution < 1.29 is 66.9 Å². The van der Waals surface area contributed by atoms with Gasteiger partial charge >= 0.3 is 57.3 Å². The number of hydrogen-bond donors (Lipinski definition) is 8. The quantitative estimate of drug-likeness (QED) is 0.00930. The van der Waals surface area contributed by atoms with Crippen LogP contribution in [0, 0.1) is 40.4 Å². The predicted molar refractivity (Wildman–Crippen MR) is 579 cm³/mol. The number of H-pyrrole nitrogens is 2. The Morgan fingerprint density at radius 3 is 1.34 bits per heavy atom. The minimum absolute atomic E-state index is 0.00347. The van der Waals surface area contributed by atoms with Crippen molar-refractivity contribution in [2.24, 2.45) is 17.8 Å². The SMILES string of the molecule is C=CCn1c(=O)oc(=O)c2ccccc21.C=CCn1c(N)c(C(=O)NC2CCCC2)c(=O)c2ccccc21.C=CCn1c2ccccc2c(=O)c2c(=O)n(C3CCCC3)c(C(C)C)nc21.CC(C)C(=O)O.CC(C)C(=O)OC(=O)C(C)C.CC(C)c1nc2[nH]c3ccccc3c(=O)c2c(=O)n1C1CCCC1.COC(=O)CC#N.N#CCC(=O)NC1CCCC1.Nc1ccccc1C(=O)O.O=C(Cl)Cl.O=c1[nH]c2ccccc2c(=O)o1. The van der Waals surface area contributed by atoms with Crippen LogP contribution < -0.4 is 72.3 Å². The van der Waals surface area contributed by atoms with E-state index in [1.54, 1.807) is 166 Å². The number of carbonyl (C=O) groups is 8. The maximum absolute atomic E-state index is 13.5. The number of hydrogen-bond acceptors (Lipinski definition) is 27. The van der Waals surface area contributed by atoms with E-state index in [0.29, 0.717) is 86.1 Å². The third kappa shape index (κ3) is 33.6. The Kier molecular flexibility index (Phi) is 47.8. The van der Waals surface area contributed by atoms with E-state index in [1.165, 1.54) is 30.6 Å². The van der Waals surface area contributed by atoms with Crippen molar-refractivity contribution in [3.63, 3.8) is 0 Å². The van der Waals surface area contributed by atoms with Crippen molar-refractivity contribution in [2.75, 3.05) is 18.6 Å². The Morgan fingerprint density at radius 2 is 0.887 bits per heavy atom. The van der Waals surface area contributed by atoms with Gasteiger partial charge in [-0.05, 0) is 147 Å². The zero-order valence-electron chi connectivity index (χ0n) is 85.7. The summed E-state index contributed by atoms with van der Waals surface area (Å²) in [5.41, 5.74) is 13.8. The third-order valence-electron chi connectivity index (χ3n) is 23.9. The number of esters is 3. The van der Waals surface area contributed by atoms with Gasteiger partial charge in [-0.1, -0.05) is 212 Å². The van der Waals surface area contributed by atoms with Crippen molar-refractivity contribution in [2.45, 2.75) is 240 Å². The van der Waals surface area contributed by atoms with Crippen LogP contribution in [-0.4, -0.2) is 119 Å². The highest BCUT2D eigenvalue weighted by Gasteiger charge is 2.31. The van der Waals surface area contributed by atoms with Gasteiger partial charge in [0.15, 0.2) is 5.65 Å². The van der Waals surface area contributed by atoms with Crippen molar-refractivity contribution in [1.29, 1.82) is 10.5 Å². The summed E-state index contributed by atoms with van der Waals surface area (Å²) in [5, 5.41) is 41.0. The van der Waals surface area contributed by atoms with Gasteiger partial charge in [-0.2, -0.15) is 10.5 Å². The number of amides is 2. The van der Waals surface area contributed by atoms with E-state index in [9.17, 15) is 76.7 Å². The molecule has 0 atom stereocenters. The molecule has 150 heavy (non-hydrogen) atoms. The van der Waals surface area contributed by atoms with Crippen LogP contribution in [0.2, 0.25) is 0 Å². The summed E-state index contributed by atoms with van der Waals surface area (Å²) in [7, 11) is 1.25. The maximum atomic E-state index is 13.5. The number of carboxylic acids is 2. The van der Waals surface area contributed by atoms with E-state index < -0.39 is 57.3 Å². The van der Waals surface area contributed by atoms with Gasteiger partial charge in [-0.15, -0.1) is 19.7 Å². The molecule has 4 aliphatic rings. The number of nitriles is 2. The van der Waals surface area contributed by atoms with Crippen molar-refractivity contribution in [3.8, 4) is 12.1 Å². The van der Waals surface area contributed by atoms with Gasteiger partial charge < -0.3 is 64.7 Å². The van der Waals surface area contributed by atoms with E-state index in [-0.39, 0.29) is 127 Å². The first-order valence-corrected chi connectivity index (χ1v) is 49.6. The smallest absolute Gasteiger partial charge is 0.422 e. The highest BCUT2D eigenvalue weighted by molar-refractivity contribution is 6.93. The fourth-order valence-corrected chi connectivity index (χ4v) is 16.5. The number of pyridine rings is 3. The number of fused-ring (bicyclic) bond motifs is 7. The number of carbonyl (C=O) groups excluding carboxylic acids is 6. The lowest BCUT2D eigenvalue weighted by molar-refractivity contribution is -0.164. The predicted octanol–water partition coefficient (Wildman–Crippen LogP) is 17.4. The Bertz CT molecular complexity index is 7700. The maximum Gasteiger partial charge on any atom is 0.422 e. The number of methoxy groups -OCH3 is 1. The van der Waals surface area contributed by atoms with Crippen LogP contribution in [0.3, 0.4) is 0 Å². The molecule has 794 valence electrons. The van der Waals surface area contributed by atoms with Crippen LogP contribution in [0.4, 0.5) is 16.3 Å². The van der Waals surface area contributed by atoms with E-state index >= 15 is 0 Å². The standard InChI is InChI=1S/C22H25N3O2.C19H21N3O2.C18H21N3O2.C11H9NO3.C8H12N2O.C8H5NO3.C8H14O3.C7H7NO2.C4H5NO2.C4H8O2.CCl2O/c1-4-13-24-17-12-8-7-11-16(17)19(26)18-21(24)23-20(14(2)3)25(22(18)27)15-9-5-6-10-15;1-11(2)18-21-17-15(19(24)22(18)12-7-3-4-8-12)16(23)13-9-5-6-10-14(13)20-17;1-2-11-21-14-10-6-5-9-13(14)16(22)15(17(21)19)18(23)20-12-7-3-4-8-12;1-2-7-12-9-6-4-3-5-8(9)10(13)15-11(12)14;9-6-5-8(11)10-7-3-1-2-4-7;10-7-5-3-1-2-4-6(5)9-8(11)12-7;1-5(2)7(9)11-8(10)6(3)4;8-6-4-2-1-3-5(6)7(9)10;1-7-4(6)2-3-5;1-3(2)4(5)6;2-1(3)4/h4,7-8,11-12,14-15H,1,5-6,9-10,13H2,2-3H3;5-6,9-12H,3-4,7-8H2,1-2H3,(H,20,23);2,5-6,9-10,12H,1,3-4,7-8,11,19H2,(H,20,23);2-6H,1,7H2;7H,1-5H2,(H,10,11);1-4H,(H,9,11);5-6H,1-4H3;1-4H,8H2,(H,9,10);2H2,1H3;3H,1-2H3,(H,5,6);. The molecule has 7 heterocycles. The Balaban J connectivity index is 0.000000232. The molecule has 4 fully saturated rings. The lowest BCUT2D eigenvalue weighted by atomic mass is 10.1. The summed E-state index contributed by atoms with van der Waals surface area (Å²) in [6, 6.07) is 46.0. The van der Waals surface area contributed by atoms with Gasteiger partial charge in [-0.3, -0.25) is 76.2 Å². The van der Waals surface area contributed by atoms with E-state index in [0.717, 1.165) is 113 Å². The lowest BCUT2D eigenvalue weighted by Gasteiger charge is -2.22. The highest BCUT2D eigenvalue weighted by atomic mass is 35.5. The van der Waals surface area contributed by atoms with Crippen LogP contribution in [0.1, 0.15) is 241 Å². The average Bonchev–Trinajstić information content (AvgIpc) is 1.19. The number of nitrogens with zero attached hydrogens (tertiary/aromatic N) is 9. The number of aromatic carboxylic acids is 1. The molecular formula is C110H127Cl2N15O23. The Labute approximate surface area is 872 Å².